The van der Waals surface area contributed by atoms with Crippen LogP contribution >= 0.6 is 0 Å². The van der Waals surface area contributed by atoms with Gasteiger partial charge in [-0.15, -0.1) is 0 Å². The number of aliphatic hydroxyl groups excluding tert-OH is 1. The van der Waals surface area contributed by atoms with Crippen LogP contribution in [-0.2, 0) is 9.53 Å². The number of likely N-dealkylation sites (tertiary alicyclic amines) is 1. The lowest BCUT2D eigenvalue weighted by Gasteiger charge is -2.16. The van der Waals surface area contributed by atoms with E-state index in [0.717, 1.165) is 6.54 Å². The van der Waals surface area contributed by atoms with Crippen LogP contribution in [0.5, 0.6) is 0 Å². The van der Waals surface area contributed by atoms with Crippen LogP contribution in [0.25, 0.3) is 0 Å². The SMILES string of the molecule is CN(C)CCOCCN1CC(CO)CC1=O. The molecule has 1 amide bonds. The highest BCUT2D eigenvalue weighted by molar-refractivity contribution is 5.78. The lowest BCUT2D eigenvalue weighted by Crippen LogP contribution is -2.30. The van der Waals surface area contributed by atoms with Gasteiger partial charge in [-0.05, 0) is 14.1 Å². The minimum atomic E-state index is 0.101. The first kappa shape index (κ1) is 13.4. The van der Waals surface area contributed by atoms with E-state index in [1.807, 2.05) is 14.1 Å². The van der Waals surface area contributed by atoms with Gasteiger partial charge in [-0.25, -0.2) is 0 Å². The summed E-state index contributed by atoms with van der Waals surface area (Å²) in [7, 11) is 4.00. The molecule has 0 aromatic heterocycles. The highest BCUT2D eigenvalue weighted by Gasteiger charge is 2.28. The van der Waals surface area contributed by atoms with Gasteiger partial charge in [0.1, 0.15) is 0 Å². The third-order valence-corrected chi connectivity index (χ3v) is 2.74. The predicted octanol–water partition coefficient (Wildman–Crippen LogP) is -0.595. The molecule has 0 bridgehead atoms. The average Bonchev–Trinajstić information content (AvgIpc) is 2.59. The fourth-order valence-electron chi connectivity index (χ4n) is 1.72. The van der Waals surface area contributed by atoms with Crippen molar-refractivity contribution in [1.29, 1.82) is 0 Å². The van der Waals surface area contributed by atoms with E-state index in [1.54, 1.807) is 4.90 Å². The number of carbonyl (C=O) groups is 1. The second-order valence-corrected chi connectivity index (χ2v) is 4.51. The normalized spacial score (nSPS) is 21.1. The lowest BCUT2D eigenvalue weighted by atomic mass is 10.1. The van der Waals surface area contributed by atoms with Gasteiger partial charge < -0.3 is 19.6 Å². The standard InChI is InChI=1S/C11H22N2O3/c1-12(2)3-5-16-6-4-13-8-10(9-14)7-11(13)15/h10,14H,3-9H2,1-2H3. The van der Waals surface area contributed by atoms with Crippen LogP contribution in [0.2, 0.25) is 0 Å². The van der Waals surface area contributed by atoms with Crippen LogP contribution in [0.3, 0.4) is 0 Å². The molecule has 0 aromatic carbocycles. The first-order valence-electron chi connectivity index (χ1n) is 5.74. The Bertz CT molecular complexity index is 221. The number of hydrogen-bond donors (Lipinski definition) is 1. The van der Waals surface area contributed by atoms with Crippen molar-refractivity contribution in [3.63, 3.8) is 0 Å². The first-order chi connectivity index (χ1) is 7.63. The second kappa shape index (κ2) is 6.83. The van der Waals surface area contributed by atoms with E-state index >= 15 is 0 Å². The molecule has 1 rings (SSSR count). The Morgan fingerprint density at radius 1 is 1.50 bits per heavy atom. The topological polar surface area (TPSA) is 53.0 Å². The Balaban J connectivity index is 2.07. The van der Waals surface area contributed by atoms with Crippen molar-refractivity contribution in [3.05, 3.63) is 0 Å². The molecule has 1 aliphatic heterocycles. The van der Waals surface area contributed by atoms with Crippen LogP contribution in [0, 0.1) is 5.92 Å². The number of aliphatic hydroxyl groups is 1. The predicted molar refractivity (Wildman–Crippen MR) is 61.1 cm³/mol. The van der Waals surface area contributed by atoms with Crippen LogP contribution < -0.4 is 0 Å². The van der Waals surface area contributed by atoms with Gasteiger partial charge in [-0.1, -0.05) is 0 Å². The van der Waals surface area contributed by atoms with Gasteiger partial charge in [0.2, 0.25) is 5.91 Å². The minimum Gasteiger partial charge on any atom is -0.396 e. The van der Waals surface area contributed by atoms with Crippen LogP contribution in [0.1, 0.15) is 6.42 Å². The Kier molecular flexibility index (Phi) is 5.73. The number of hydrogen-bond acceptors (Lipinski definition) is 4. The maximum atomic E-state index is 11.5. The number of nitrogens with zero attached hydrogens (tertiary/aromatic N) is 2. The molecule has 1 unspecified atom stereocenters. The number of ether oxygens (including phenoxy) is 1. The zero-order valence-corrected chi connectivity index (χ0v) is 10.2. The largest absolute Gasteiger partial charge is 0.396 e. The van der Waals surface area contributed by atoms with Crippen molar-refractivity contribution in [1.82, 2.24) is 9.80 Å². The third-order valence-electron chi connectivity index (χ3n) is 2.74. The summed E-state index contributed by atoms with van der Waals surface area (Å²) >= 11 is 0. The zero-order valence-electron chi connectivity index (χ0n) is 10.2. The van der Waals surface area contributed by atoms with Gasteiger partial charge in [-0.2, -0.15) is 0 Å². The highest BCUT2D eigenvalue weighted by atomic mass is 16.5. The molecule has 1 N–H and O–H groups in total. The summed E-state index contributed by atoms with van der Waals surface area (Å²) in [5, 5.41) is 8.96. The summed E-state index contributed by atoms with van der Waals surface area (Å²) in [5.41, 5.74) is 0. The quantitative estimate of drug-likeness (QED) is 0.594. The van der Waals surface area contributed by atoms with Crippen LogP contribution in [-0.4, -0.2) is 74.4 Å². The molecule has 1 atom stereocenters. The van der Waals surface area contributed by atoms with Crippen molar-refractivity contribution < 1.29 is 14.6 Å². The maximum Gasteiger partial charge on any atom is 0.223 e. The second-order valence-electron chi connectivity index (χ2n) is 4.51. The van der Waals surface area contributed by atoms with Gasteiger partial charge in [-0.3, -0.25) is 4.79 Å². The van der Waals surface area contributed by atoms with E-state index < -0.39 is 0 Å². The molecule has 0 saturated carbocycles. The molecule has 1 aliphatic rings. The van der Waals surface area contributed by atoms with Crippen LogP contribution in [0.15, 0.2) is 0 Å². The molecule has 0 aromatic rings. The smallest absolute Gasteiger partial charge is 0.223 e. The summed E-state index contributed by atoms with van der Waals surface area (Å²) in [6.07, 6.45) is 0.480. The molecular formula is C11H22N2O3. The lowest BCUT2D eigenvalue weighted by molar-refractivity contribution is -0.128. The van der Waals surface area contributed by atoms with Crippen molar-refractivity contribution in [2.24, 2.45) is 5.92 Å². The summed E-state index contributed by atoms with van der Waals surface area (Å²) in [5.74, 6) is 0.254. The molecule has 1 saturated heterocycles. The maximum absolute atomic E-state index is 11.5. The Morgan fingerprint density at radius 3 is 2.81 bits per heavy atom. The fourth-order valence-corrected chi connectivity index (χ4v) is 1.72. The Hall–Kier alpha value is -0.650. The van der Waals surface area contributed by atoms with Gasteiger partial charge in [0.25, 0.3) is 0 Å². The van der Waals surface area contributed by atoms with E-state index in [4.69, 9.17) is 9.84 Å². The van der Waals surface area contributed by atoms with E-state index in [2.05, 4.69) is 4.90 Å². The number of amides is 1. The number of rotatable bonds is 7. The monoisotopic (exact) mass is 230 g/mol. The van der Waals surface area contributed by atoms with Crippen LogP contribution in [0.4, 0.5) is 0 Å². The fraction of sp³-hybridized carbons (Fsp3) is 0.909. The zero-order chi connectivity index (χ0) is 12.0. The molecular weight excluding hydrogens is 208 g/mol. The average molecular weight is 230 g/mol. The molecule has 0 aliphatic carbocycles. The first-order valence-corrected chi connectivity index (χ1v) is 5.74. The summed E-state index contributed by atoms with van der Waals surface area (Å²) in [4.78, 5) is 15.3. The third kappa shape index (κ3) is 4.47. The molecule has 0 radical (unpaired) electrons. The van der Waals surface area contributed by atoms with Crippen molar-refractivity contribution in [2.45, 2.75) is 6.42 Å². The van der Waals surface area contributed by atoms with Gasteiger partial charge in [0.15, 0.2) is 0 Å². The van der Waals surface area contributed by atoms with Crippen molar-refractivity contribution >= 4 is 5.91 Å². The molecule has 5 heteroatoms. The minimum absolute atomic E-state index is 0.101. The van der Waals surface area contributed by atoms with Crippen molar-refractivity contribution in [2.75, 3.05) is 53.6 Å². The van der Waals surface area contributed by atoms with Crippen molar-refractivity contribution in [3.8, 4) is 0 Å². The van der Waals surface area contributed by atoms with E-state index in [0.29, 0.717) is 32.7 Å². The molecule has 94 valence electrons. The molecule has 16 heavy (non-hydrogen) atoms. The molecule has 1 heterocycles. The van der Waals surface area contributed by atoms with Gasteiger partial charge >= 0.3 is 0 Å². The Labute approximate surface area is 97.0 Å². The summed E-state index contributed by atoms with van der Waals surface area (Å²) in [6, 6.07) is 0. The van der Waals surface area contributed by atoms with E-state index in [-0.39, 0.29) is 18.4 Å². The van der Waals surface area contributed by atoms with E-state index in [1.165, 1.54) is 0 Å². The van der Waals surface area contributed by atoms with Gasteiger partial charge in [0, 0.05) is 38.6 Å². The Morgan fingerprint density at radius 2 is 2.25 bits per heavy atom. The summed E-state index contributed by atoms with van der Waals surface area (Å²) < 4.78 is 5.43. The molecule has 1 fully saturated rings. The highest BCUT2D eigenvalue weighted by Crippen LogP contribution is 2.16. The molecule has 0 spiro atoms. The van der Waals surface area contributed by atoms with Gasteiger partial charge in [0.05, 0.1) is 13.2 Å². The van der Waals surface area contributed by atoms with E-state index in [9.17, 15) is 4.79 Å². The number of likely N-dealkylation sites (N-methyl/N-ethyl adjacent to an activating group) is 1. The number of carbonyl (C=O) groups excluding carboxylic acids is 1. The molecule has 5 nitrogen and oxygen atoms in total. The summed E-state index contributed by atoms with van der Waals surface area (Å²) in [6.45, 7) is 3.59.